The average Bonchev–Trinajstić information content (AvgIpc) is 2.58. The first-order valence-electron chi connectivity index (χ1n) is 8.89. The number of hydrogen-bond donors (Lipinski definition) is 0. The normalized spacial score (nSPS) is 15.8. The highest BCUT2D eigenvalue weighted by molar-refractivity contribution is 5.91. The molecule has 0 atom stereocenters. The van der Waals surface area contributed by atoms with Crippen LogP contribution in [0, 0.1) is 5.92 Å². The van der Waals surface area contributed by atoms with E-state index in [1.165, 1.54) is 0 Å². The van der Waals surface area contributed by atoms with E-state index in [0.29, 0.717) is 13.2 Å². The molecule has 0 N–H and O–H groups in total. The van der Waals surface area contributed by atoms with Crippen LogP contribution >= 0.6 is 0 Å². The van der Waals surface area contributed by atoms with Gasteiger partial charge in [-0.1, -0.05) is 26.7 Å². The predicted molar refractivity (Wildman–Crippen MR) is 91.6 cm³/mol. The van der Waals surface area contributed by atoms with Crippen molar-refractivity contribution in [3.8, 4) is 0 Å². The molecule has 0 amide bonds. The van der Waals surface area contributed by atoms with Gasteiger partial charge >= 0.3 is 11.9 Å². The van der Waals surface area contributed by atoms with E-state index in [9.17, 15) is 9.59 Å². The Bertz CT molecular complexity index is 389. The maximum absolute atomic E-state index is 11.4. The van der Waals surface area contributed by atoms with Crippen LogP contribution in [-0.4, -0.2) is 62.9 Å². The van der Waals surface area contributed by atoms with Gasteiger partial charge in [-0.2, -0.15) is 0 Å². The van der Waals surface area contributed by atoms with Gasteiger partial charge in [-0.25, -0.2) is 9.59 Å². The number of hydrogen-bond acceptors (Lipinski definition) is 6. The largest absolute Gasteiger partial charge is 0.463 e. The van der Waals surface area contributed by atoms with Crippen LogP contribution < -0.4 is 0 Å². The fourth-order valence-corrected chi connectivity index (χ4v) is 2.27. The standard InChI is InChI=1S/C18H31NO5/c1-16(2)15-24-18(21)8-7-17(20)23-12-6-4-3-5-9-19-10-13-22-14-11-19/h7-8,16H,3-6,9-15H2,1-2H3/b8-7+. The fourth-order valence-electron chi connectivity index (χ4n) is 2.27. The molecule has 0 saturated carbocycles. The molecule has 138 valence electrons. The van der Waals surface area contributed by atoms with Gasteiger partial charge in [-0.05, 0) is 25.3 Å². The molecule has 1 rings (SSSR count). The Labute approximate surface area is 145 Å². The summed E-state index contributed by atoms with van der Waals surface area (Å²) in [5.74, 6) is -0.730. The zero-order valence-corrected chi connectivity index (χ0v) is 15.0. The van der Waals surface area contributed by atoms with E-state index >= 15 is 0 Å². The molecule has 0 unspecified atom stereocenters. The molecular weight excluding hydrogens is 310 g/mol. The van der Waals surface area contributed by atoms with E-state index in [4.69, 9.17) is 14.2 Å². The van der Waals surface area contributed by atoms with Crippen molar-refractivity contribution in [2.45, 2.75) is 39.5 Å². The van der Waals surface area contributed by atoms with Crippen LogP contribution in [0.5, 0.6) is 0 Å². The smallest absolute Gasteiger partial charge is 0.331 e. The maximum Gasteiger partial charge on any atom is 0.331 e. The Morgan fingerprint density at radius 1 is 1.00 bits per heavy atom. The lowest BCUT2D eigenvalue weighted by atomic mass is 10.2. The van der Waals surface area contributed by atoms with Crippen molar-refractivity contribution >= 4 is 11.9 Å². The number of nitrogens with zero attached hydrogens (tertiary/aromatic N) is 1. The maximum atomic E-state index is 11.4. The number of carbonyl (C=O) groups is 2. The highest BCUT2D eigenvalue weighted by Gasteiger charge is 2.09. The van der Waals surface area contributed by atoms with E-state index in [1.807, 2.05) is 13.8 Å². The molecule has 0 aromatic heterocycles. The predicted octanol–water partition coefficient (Wildman–Crippen LogP) is 2.18. The van der Waals surface area contributed by atoms with Gasteiger partial charge in [0.2, 0.25) is 0 Å². The summed E-state index contributed by atoms with van der Waals surface area (Å²) >= 11 is 0. The molecule has 0 radical (unpaired) electrons. The van der Waals surface area contributed by atoms with Gasteiger partial charge < -0.3 is 14.2 Å². The Morgan fingerprint density at radius 2 is 1.62 bits per heavy atom. The molecule has 1 saturated heterocycles. The summed E-state index contributed by atoms with van der Waals surface area (Å²) in [7, 11) is 0. The summed E-state index contributed by atoms with van der Waals surface area (Å²) in [6.45, 7) is 9.50. The summed E-state index contributed by atoms with van der Waals surface area (Å²) < 4.78 is 15.3. The second-order valence-electron chi connectivity index (χ2n) is 6.39. The first-order valence-corrected chi connectivity index (χ1v) is 8.89. The van der Waals surface area contributed by atoms with Crippen LogP contribution in [0.3, 0.4) is 0 Å². The highest BCUT2D eigenvalue weighted by atomic mass is 16.5. The molecule has 1 heterocycles. The zero-order chi connectivity index (χ0) is 17.6. The van der Waals surface area contributed by atoms with Crippen LogP contribution in [0.1, 0.15) is 39.5 Å². The molecule has 0 aromatic rings. The van der Waals surface area contributed by atoms with E-state index < -0.39 is 11.9 Å². The van der Waals surface area contributed by atoms with E-state index in [-0.39, 0.29) is 5.92 Å². The van der Waals surface area contributed by atoms with Crippen LogP contribution in [0.15, 0.2) is 12.2 Å². The third-order valence-corrected chi connectivity index (χ3v) is 3.63. The molecular formula is C18H31NO5. The van der Waals surface area contributed by atoms with Crippen molar-refractivity contribution in [1.82, 2.24) is 4.90 Å². The topological polar surface area (TPSA) is 65.1 Å². The highest BCUT2D eigenvalue weighted by Crippen LogP contribution is 2.04. The Morgan fingerprint density at radius 3 is 2.29 bits per heavy atom. The molecule has 24 heavy (non-hydrogen) atoms. The zero-order valence-electron chi connectivity index (χ0n) is 15.0. The number of esters is 2. The first-order chi connectivity index (χ1) is 11.6. The molecule has 0 aromatic carbocycles. The molecule has 0 spiro atoms. The van der Waals surface area contributed by atoms with Gasteiger partial charge in [-0.15, -0.1) is 0 Å². The lowest BCUT2D eigenvalue weighted by Gasteiger charge is -2.26. The minimum atomic E-state index is -0.510. The number of morpholine rings is 1. The monoisotopic (exact) mass is 341 g/mol. The molecule has 6 nitrogen and oxygen atoms in total. The third-order valence-electron chi connectivity index (χ3n) is 3.63. The summed E-state index contributed by atoms with van der Waals surface area (Å²) in [4.78, 5) is 25.2. The SMILES string of the molecule is CC(C)COC(=O)/C=C/C(=O)OCCCCCCN1CCOCC1. The van der Waals surface area contributed by atoms with Crippen molar-refractivity contribution in [2.24, 2.45) is 5.92 Å². The van der Waals surface area contributed by atoms with Gasteiger partial charge in [0, 0.05) is 25.2 Å². The van der Waals surface area contributed by atoms with Gasteiger partial charge in [-0.3, -0.25) is 4.90 Å². The van der Waals surface area contributed by atoms with Crippen molar-refractivity contribution in [2.75, 3.05) is 46.1 Å². The molecule has 0 bridgehead atoms. The molecule has 1 fully saturated rings. The average molecular weight is 341 g/mol. The van der Waals surface area contributed by atoms with Gasteiger partial charge in [0.25, 0.3) is 0 Å². The van der Waals surface area contributed by atoms with Gasteiger partial charge in [0.05, 0.1) is 26.4 Å². The Balaban J connectivity index is 1.94. The summed E-state index contributed by atoms with van der Waals surface area (Å²) in [5.41, 5.74) is 0. The second-order valence-corrected chi connectivity index (χ2v) is 6.39. The van der Waals surface area contributed by atoms with Crippen LogP contribution in [0.4, 0.5) is 0 Å². The van der Waals surface area contributed by atoms with Crippen molar-refractivity contribution in [3.63, 3.8) is 0 Å². The lowest BCUT2D eigenvalue weighted by molar-refractivity contribution is -0.141. The van der Waals surface area contributed by atoms with Crippen molar-refractivity contribution in [1.29, 1.82) is 0 Å². The Hall–Kier alpha value is -1.40. The Kier molecular flexibility index (Phi) is 11.1. The quantitative estimate of drug-likeness (QED) is 0.326. The third kappa shape index (κ3) is 11.2. The van der Waals surface area contributed by atoms with Crippen LogP contribution in [-0.2, 0) is 23.8 Å². The second kappa shape index (κ2) is 13.0. The summed E-state index contributed by atoms with van der Waals surface area (Å²) in [6, 6.07) is 0. The van der Waals surface area contributed by atoms with E-state index in [1.54, 1.807) is 0 Å². The van der Waals surface area contributed by atoms with Gasteiger partial charge in [0.15, 0.2) is 0 Å². The molecule has 1 aliphatic rings. The van der Waals surface area contributed by atoms with Crippen LogP contribution in [0.25, 0.3) is 0 Å². The fraction of sp³-hybridized carbons (Fsp3) is 0.778. The first kappa shape index (κ1) is 20.6. The van der Waals surface area contributed by atoms with E-state index in [2.05, 4.69) is 4.90 Å². The lowest BCUT2D eigenvalue weighted by Crippen LogP contribution is -2.36. The molecule has 0 aliphatic carbocycles. The van der Waals surface area contributed by atoms with E-state index in [0.717, 1.165) is 70.7 Å². The number of ether oxygens (including phenoxy) is 3. The van der Waals surface area contributed by atoms with Crippen molar-refractivity contribution < 1.29 is 23.8 Å². The minimum absolute atomic E-state index is 0.276. The number of carbonyl (C=O) groups excluding carboxylic acids is 2. The number of unbranched alkanes of at least 4 members (excludes halogenated alkanes) is 3. The molecule has 1 aliphatic heterocycles. The minimum Gasteiger partial charge on any atom is -0.463 e. The van der Waals surface area contributed by atoms with Gasteiger partial charge in [0.1, 0.15) is 0 Å². The molecule has 6 heteroatoms. The number of rotatable bonds is 11. The summed E-state index contributed by atoms with van der Waals surface area (Å²) in [6.07, 6.45) is 6.42. The summed E-state index contributed by atoms with van der Waals surface area (Å²) in [5, 5.41) is 0. The van der Waals surface area contributed by atoms with Crippen LogP contribution in [0.2, 0.25) is 0 Å². The van der Waals surface area contributed by atoms with Crippen molar-refractivity contribution in [3.05, 3.63) is 12.2 Å².